The molecule has 0 spiro atoms. The lowest BCUT2D eigenvalue weighted by Gasteiger charge is -2.20. The summed E-state index contributed by atoms with van der Waals surface area (Å²) in [5, 5.41) is 9.01. The number of aryl methyl sites for hydroxylation is 1. The molecule has 10 nitrogen and oxygen atoms in total. The number of nitrogens with zero attached hydrogens (tertiary/aromatic N) is 6. The molecule has 1 atom stereocenters. The van der Waals surface area contributed by atoms with E-state index in [1.54, 1.807) is 11.5 Å². The maximum absolute atomic E-state index is 13.0. The summed E-state index contributed by atoms with van der Waals surface area (Å²) >= 11 is 1.42. The third-order valence-corrected chi connectivity index (χ3v) is 5.70. The van der Waals surface area contributed by atoms with Crippen molar-refractivity contribution in [2.24, 2.45) is 0 Å². The first-order valence-electron chi connectivity index (χ1n) is 9.20. The number of nitrogens with one attached hydrogen (secondary N) is 1. The molecule has 1 fully saturated rings. The van der Waals surface area contributed by atoms with Crippen LogP contribution in [0.2, 0.25) is 0 Å². The van der Waals surface area contributed by atoms with Crippen molar-refractivity contribution in [3.05, 3.63) is 39.8 Å². The highest BCUT2D eigenvalue weighted by Crippen LogP contribution is 2.37. The largest absolute Gasteiger partial charge is 0.383 e. The van der Waals surface area contributed by atoms with Gasteiger partial charge in [-0.25, -0.2) is 15.0 Å². The standard InChI is InChI=1S/C18H18N8O2S/c1-8(16-24-11-5-6-29-13(11)18(27)26(16)10-3-4-10)22-15-12(14(19)20-7-21-15)17-23-9(2)25-28-17/h5-8,10H,3-4H2,1-2H3,(H3,19,20,21,22)/t8-/m0/s1. The molecule has 4 aromatic heterocycles. The lowest BCUT2D eigenvalue weighted by atomic mass is 10.2. The highest BCUT2D eigenvalue weighted by Gasteiger charge is 2.31. The lowest BCUT2D eigenvalue weighted by molar-refractivity contribution is 0.425. The molecule has 1 aliphatic carbocycles. The van der Waals surface area contributed by atoms with Crippen LogP contribution < -0.4 is 16.6 Å². The molecule has 4 heterocycles. The first-order valence-corrected chi connectivity index (χ1v) is 10.1. The van der Waals surface area contributed by atoms with Crippen molar-refractivity contribution in [2.45, 2.75) is 38.8 Å². The van der Waals surface area contributed by atoms with E-state index in [2.05, 4.69) is 25.4 Å². The minimum atomic E-state index is -0.315. The van der Waals surface area contributed by atoms with Crippen molar-refractivity contribution < 1.29 is 4.52 Å². The molecule has 0 bridgehead atoms. The minimum absolute atomic E-state index is 0.00565. The average molecular weight is 410 g/mol. The maximum Gasteiger partial charge on any atom is 0.271 e. The number of thiophene rings is 1. The molecule has 148 valence electrons. The third-order valence-electron chi connectivity index (χ3n) is 4.81. The van der Waals surface area contributed by atoms with Crippen LogP contribution in [0.5, 0.6) is 0 Å². The Hall–Kier alpha value is -3.34. The Balaban J connectivity index is 1.59. The van der Waals surface area contributed by atoms with Crippen LogP contribution in [0.25, 0.3) is 21.7 Å². The van der Waals surface area contributed by atoms with Gasteiger partial charge in [-0.15, -0.1) is 11.3 Å². The van der Waals surface area contributed by atoms with Crippen molar-refractivity contribution in [3.63, 3.8) is 0 Å². The Labute approximate surface area is 168 Å². The SMILES string of the molecule is Cc1noc(-c2c(N)ncnc2N[C@@H](C)c2nc3ccsc3c(=O)n2C2CC2)n1. The van der Waals surface area contributed by atoms with E-state index in [1.165, 1.54) is 17.7 Å². The summed E-state index contributed by atoms with van der Waals surface area (Å²) in [7, 11) is 0. The van der Waals surface area contributed by atoms with Gasteiger partial charge in [-0.2, -0.15) is 4.98 Å². The van der Waals surface area contributed by atoms with Gasteiger partial charge >= 0.3 is 0 Å². The van der Waals surface area contributed by atoms with Crippen molar-refractivity contribution in [2.75, 3.05) is 11.1 Å². The quantitative estimate of drug-likeness (QED) is 0.508. The molecule has 11 heteroatoms. The van der Waals surface area contributed by atoms with Crippen LogP contribution in [0.1, 0.15) is 43.5 Å². The van der Waals surface area contributed by atoms with Crippen molar-refractivity contribution >= 4 is 33.2 Å². The highest BCUT2D eigenvalue weighted by atomic mass is 32.1. The summed E-state index contributed by atoms with van der Waals surface area (Å²) in [4.78, 5) is 30.4. The molecule has 1 aliphatic rings. The van der Waals surface area contributed by atoms with E-state index in [0.29, 0.717) is 33.2 Å². The molecule has 1 saturated carbocycles. The molecule has 0 radical (unpaired) electrons. The molecule has 3 N–H and O–H groups in total. The lowest BCUT2D eigenvalue weighted by Crippen LogP contribution is -2.27. The van der Waals surface area contributed by atoms with E-state index in [-0.39, 0.29) is 29.4 Å². The predicted molar refractivity (Wildman–Crippen MR) is 109 cm³/mol. The number of rotatable bonds is 5. The number of hydrogen-bond donors (Lipinski definition) is 2. The number of fused-ring (bicyclic) bond motifs is 1. The van der Waals surface area contributed by atoms with Gasteiger partial charge in [0.25, 0.3) is 11.4 Å². The van der Waals surface area contributed by atoms with E-state index in [9.17, 15) is 4.79 Å². The number of hydrogen-bond acceptors (Lipinski definition) is 10. The Morgan fingerprint density at radius 1 is 1.34 bits per heavy atom. The van der Waals surface area contributed by atoms with Crippen molar-refractivity contribution in [1.82, 2.24) is 29.7 Å². The predicted octanol–water partition coefficient (Wildman–Crippen LogP) is 2.70. The summed E-state index contributed by atoms with van der Waals surface area (Å²) in [6.45, 7) is 3.65. The van der Waals surface area contributed by atoms with Gasteiger partial charge in [0, 0.05) is 6.04 Å². The molecule has 0 amide bonds. The number of anilines is 2. The topological polar surface area (TPSA) is 138 Å². The molecule has 29 heavy (non-hydrogen) atoms. The van der Waals surface area contributed by atoms with Gasteiger partial charge in [0.05, 0.1) is 11.6 Å². The van der Waals surface area contributed by atoms with Crippen LogP contribution in [0.4, 0.5) is 11.6 Å². The molecule has 0 saturated heterocycles. The zero-order valence-corrected chi connectivity index (χ0v) is 16.6. The van der Waals surface area contributed by atoms with Crippen LogP contribution in [-0.4, -0.2) is 29.7 Å². The van der Waals surface area contributed by atoms with Crippen LogP contribution in [0.3, 0.4) is 0 Å². The molecule has 0 aromatic carbocycles. The zero-order valence-electron chi connectivity index (χ0n) is 15.8. The fourth-order valence-electron chi connectivity index (χ4n) is 3.32. The normalized spacial score (nSPS) is 15.0. The Morgan fingerprint density at radius 2 is 2.17 bits per heavy atom. The van der Waals surface area contributed by atoms with Crippen molar-refractivity contribution in [1.29, 1.82) is 0 Å². The monoisotopic (exact) mass is 410 g/mol. The summed E-state index contributed by atoms with van der Waals surface area (Å²) < 4.78 is 7.75. The highest BCUT2D eigenvalue weighted by molar-refractivity contribution is 7.17. The van der Waals surface area contributed by atoms with E-state index in [4.69, 9.17) is 15.2 Å². The second-order valence-corrected chi connectivity index (χ2v) is 7.92. The molecule has 0 unspecified atom stereocenters. The summed E-state index contributed by atoms with van der Waals surface area (Å²) in [5.41, 5.74) is 7.20. The van der Waals surface area contributed by atoms with E-state index < -0.39 is 0 Å². The van der Waals surface area contributed by atoms with Crippen LogP contribution >= 0.6 is 11.3 Å². The van der Waals surface area contributed by atoms with Crippen LogP contribution in [0.15, 0.2) is 27.1 Å². The fourth-order valence-corrected chi connectivity index (χ4v) is 4.09. The van der Waals surface area contributed by atoms with Gasteiger partial charge in [-0.05, 0) is 38.1 Å². The summed E-state index contributed by atoms with van der Waals surface area (Å²) in [6, 6.07) is 1.74. The van der Waals surface area contributed by atoms with Gasteiger partial charge < -0.3 is 15.6 Å². The molecular weight excluding hydrogens is 392 g/mol. The van der Waals surface area contributed by atoms with Gasteiger partial charge in [0.2, 0.25) is 0 Å². The Kier molecular flexibility index (Phi) is 4.05. The minimum Gasteiger partial charge on any atom is -0.383 e. The summed E-state index contributed by atoms with van der Waals surface area (Å²) in [6.07, 6.45) is 3.32. The smallest absolute Gasteiger partial charge is 0.271 e. The maximum atomic E-state index is 13.0. The molecule has 4 aromatic rings. The van der Waals surface area contributed by atoms with Gasteiger partial charge in [-0.3, -0.25) is 9.36 Å². The first kappa shape index (κ1) is 17.7. The van der Waals surface area contributed by atoms with E-state index in [0.717, 1.165) is 12.8 Å². The molecular formula is C18H18N8O2S. The number of aromatic nitrogens is 6. The third kappa shape index (κ3) is 3.03. The van der Waals surface area contributed by atoms with E-state index >= 15 is 0 Å². The van der Waals surface area contributed by atoms with Crippen molar-refractivity contribution in [3.8, 4) is 11.5 Å². The zero-order chi connectivity index (χ0) is 20.1. The van der Waals surface area contributed by atoms with E-state index in [1.807, 2.05) is 18.4 Å². The average Bonchev–Trinajstić information content (AvgIpc) is 3.24. The molecule has 0 aliphatic heterocycles. The fraction of sp³-hybridized carbons (Fsp3) is 0.333. The number of nitrogen functional groups attached to an aromatic ring is 1. The van der Waals surface area contributed by atoms with Gasteiger partial charge in [0.15, 0.2) is 5.82 Å². The molecule has 5 rings (SSSR count). The van der Waals surface area contributed by atoms with Crippen LogP contribution in [-0.2, 0) is 0 Å². The second kappa shape index (κ2) is 6.62. The Bertz CT molecular complexity index is 1270. The second-order valence-electron chi connectivity index (χ2n) is 7.01. The van der Waals surface area contributed by atoms with Crippen LogP contribution in [0, 0.1) is 6.92 Å². The number of nitrogens with two attached hydrogens (primary N) is 1. The Morgan fingerprint density at radius 3 is 2.90 bits per heavy atom. The first-order chi connectivity index (χ1) is 14.0. The van der Waals surface area contributed by atoms with Gasteiger partial charge in [-0.1, -0.05) is 5.16 Å². The van der Waals surface area contributed by atoms with Gasteiger partial charge in [0.1, 0.15) is 34.1 Å². The summed E-state index contributed by atoms with van der Waals surface area (Å²) in [5.74, 6) is 2.04.